The second-order valence-corrected chi connectivity index (χ2v) is 6.27. The van der Waals surface area contributed by atoms with E-state index in [2.05, 4.69) is 15.9 Å². The lowest BCUT2D eigenvalue weighted by atomic mass is 10.00. The Morgan fingerprint density at radius 1 is 1.05 bits per heavy atom. The average Bonchev–Trinajstić information content (AvgIpc) is 2.37. The third-order valence-corrected chi connectivity index (χ3v) is 3.53. The maximum Gasteiger partial charge on any atom is 0.119 e. The third-order valence-electron chi connectivity index (χ3n) is 2.86. The first kappa shape index (κ1) is 15.4. The molecule has 2 aromatic rings. The highest BCUT2D eigenvalue weighted by molar-refractivity contribution is 9.10. The summed E-state index contributed by atoms with van der Waals surface area (Å²) < 4.78 is 6.55. The topological polar surface area (TPSA) is 35.2 Å². The molecule has 2 aromatic carbocycles. The molecule has 2 nitrogen and oxygen atoms in total. The van der Waals surface area contributed by atoms with E-state index < -0.39 is 0 Å². The van der Waals surface area contributed by atoms with Gasteiger partial charge in [0.1, 0.15) is 5.75 Å². The van der Waals surface area contributed by atoms with E-state index in [0.29, 0.717) is 5.02 Å². The highest BCUT2D eigenvalue weighted by atomic mass is 79.9. The van der Waals surface area contributed by atoms with Crippen LogP contribution >= 0.6 is 27.5 Å². The lowest BCUT2D eigenvalue weighted by molar-refractivity contribution is 0.242. The van der Waals surface area contributed by atoms with Crippen molar-refractivity contribution in [1.29, 1.82) is 0 Å². The van der Waals surface area contributed by atoms with Gasteiger partial charge in [-0.2, -0.15) is 0 Å². The van der Waals surface area contributed by atoms with Gasteiger partial charge in [-0.05, 0) is 55.3 Å². The van der Waals surface area contributed by atoms with Crippen molar-refractivity contribution >= 4 is 27.5 Å². The monoisotopic (exact) mass is 353 g/mol. The molecule has 2 rings (SSSR count). The van der Waals surface area contributed by atoms with E-state index >= 15 is 0 Å². The fourth-order valence-electron chi connectivity index (χ4n) is 1.97. The van der Waals surface area contributed by atoms with Gasteiger partial charge in [0.05, 0.1) is 12.1 Å². The van der Waals surface area contributed by atoms with Crippen LogP contribution in [0.5, 0.6) is 5.75 Å². The van der Waals surface area contributed by atoms with E-state index in [9.17, 15) is 0 Å². The molecule has 0 aliphatic carbocycles. The van der Waals surface area contributed by atoms with Gasteiger partial charge in [0.15, 0.2) is 0 Å². The van der Waals surface area contributed by atoms with E-state index in [1.165, 1.54) is 0 Å². The molecule has 1 unspecified atom stereocenters. The van der Waals surface area contributed by atoms with Crippen LogP contribution < -0.4 is 10.5 Å². The first-order valence-corrected chi connectivity index (χ1v) is 7.61. The highest BCUT2D eigenvalue weighted by Gasteiger charge is 2.11. The zero-order chi connectivity index (χ0) is 14.7. The van der Waals surface area contributed by atoms with Gasteiger partial charge in [0.2, 0.25) is 0 Å². The molecule has 0 radical (unpaired) electrons. The average molecular weight is 355 g/mol. The molecule has 0 amide bonds. The lowest BCUT2D eigenvalue weighted by Gasteiger charge is -2.15. The van der Waals surface area contributed by atoms with E-state index in [4.69, 9.17) is 22.1 Å². The Balaban J connectivity index is 2.22. The molecule has 0 saturated carbocycles. The summed E-state index contributed by atoms with van der Waals surface area (Å²) in [6.45, 7) is 4.01. The van der Waals surface area contributed by atoms with E-state index in [1.54, 1.807) is 0 Å². The number of benzene rings is 2. The summed E-state index contributed by atoms with van der Waals surface area (Å²) in [5.74, 6) is 0.850. The van der Waals surface area contributed by atoms with Crippen molar-refractivity contribution in [2.24, 2.45) is 5.73 Å². The molecule has 106 valence electrons. The molecule has 0 aliphatic heterocycles. The summed E-state index contributed by atoms with van der Waals surface area (Å²) in [6, 6.07) is 13.3. The molecule has 0 fully saturated rings. The Morgan fingerprint density at radius 3 is 2.25 bits per heavy atom. The molecular weight excluding hydrogens is 338 g/mol. The highest BCUT2D eigenvalue weighted by Crippen LogP contribution is 2.27. The van der Waals surface area contributed by atoms with Crippen LogP contribution in [-0.2, 0) is 0 Å². The fourth-order valence-corrected chi connectivity index (χ4v) is 2.86. The maximum atomic E-state index is 6.29. The van der Waals surface area contributed by atoms with Crippen molar-refractivity contribution in [3.05, 3.63) is 63.1 Å². The number of halogens is 2. The number of hydrogen-bond donors (Lipinski definition) is 1. The molecule has 0 spiro atoms. The van der Waals surface area contributed by atoms with Crippen LogP contribution in [-0.4, -0.2) is 6.10 Å². The predicted molar refractivity (Wildman–Crippen MR) is 87.4 cm³/mol. The van der Waals surface area contributed by atoms with E-state index in [0.717, 1.165) is 21.3 Å². The minimum atomic E-state index is -0.210. The van der Waals surface area contributed by atoms with Gasteiger partial charge >= 0.3 is 0 Å². The van der Waals surface area contributed by atoms with Crippen molar-refractivity contribution in [3.63, 3.8) is 0 Å². The van der Waals surface area contributed by atoms with Crippen molar-refractivity contribution in [3.8, 4) is 5.75 Å². The van der Waals surface area contributed by atoms with Crippen molar-refractivity contribution in [2.45, 2.75) is 26.0 Å². The zero-order valence-electron chi connectivity index (χ0n) is 11.4. The molecule has 0 bridgehead atoms. The van der Waals surface area contributed by atoms with Gasteiger partial charge in [-0.15, -0.1) is 0 Å². The fraction of sp³-hybridized carbons (Fsp3) is 0.250. The number of ether oxygens (including phenoxy) is 1. The van der Waals surface area contributed by atoms with Gasteiger partial charge in [-0.3, -0.25) is 0 Å². The molecule has 0 aromatic heterocycles. The third kappa shape index (κ3) is 3.98. The van der Waals surface area contributed by atoms with E-state index in [-0.39, 0.29) is 12.1 Å². The normalized spacial score (nSPS) is 12.5. The molecule has 0 aliphatic rings. The predicted octanol–water partition coefficient (Wildman–Crippen LogP) is 4.94. The van der Waals surface area contributed by atoms with Crippen LogP contribution in [0.3, 0.4) is 0 Å². The van der Waals surface area contributed by atoms with Crippen LogP contribution in [0.4, 0.5) is 0 Å². The Morgan fingerprint density at radius 2 is 1.70 bits per heavy atom. The smallest absolute Gasteiger partial charge is 0.119 e. The molecule has 2 N–H and O–H groups in total. The quantitative estimate of drug-likeness (QED) is 0.844. The summed E-state index contributed by atoms with van der Waals surface area (Å²) in [5, 5.41) is 0.671. The van der Waals surface area contributed by atoms with Crippen molar-refractivity contribution in [1.82, 2.24) is 0 Å². The van der Waals surface area contributed by atoms with Gasteiger partial charge in [-0.1, -0.05) is 39.7 Å². The SMILES string of the molecule is CC(C)Oc1ccc(C(N)c2cc(Cl)cc(Br)c2)cc1. The minimum Gasteiger partial charge on any atom is -0.491 e. The molecule has 0 heterocycles. The molecule has 4 heteroatoms. The minimum absolute atomic E-state index is 0.165. The van der Waals surface area contributed by atoms with Gasteiger partial charge in [0.25, 0.3) is 0 Å². The van der Waals surface area contributed by atoms with Crippen LogP contribution in [0.25, 0.3) is 0 Å². The van der Waals surface area contributed by atoms with E-state index in [1.807, 2.05) is 56.3 Å². The maximum absolute atomic E-state index is 6.29. The summed E-state index contributed by atoms with van der Waals surface area (Å²) in [6.07, 6.45) is 0.165. The molecular formula is C16H17BrClNO. The first-order valence-electron chi connectivity index (χ1n) is 6.44. The largest absolute Gasteiger partial charge is 0.491 e. The second-order valence-electron chi connectivity index (χ2n) is 4.92. The number of nitrogens with two attached hydrogens (primary N) is 1. The van der Waals surface area contributed by atoms with Gasteiger partial charge in [0, 0.05) is 9.50 Å². The second kappa shape index (κ2) is 6.61. The standard InChI is InChI=1S/C16H17BrClNO/c1-10(2)20-15-5-3-11(4-6-15)16(19)12-7-13(17)9-14(18)8-12/h3-10,16H,19H2,1-2H3. The first-order chi connectivity index (χ1) is 9.45. The summed E-state index contributed by atoms with van der Waals surface area (Å²) >= 11 is 9.49. The Hall–Kier alpha value is -1.03. The zero-order valence-corrected chi connectivity index (χ0v) is 13.8. The van der Waals surface area contributed by atoms with Crippen LogP contribution in [0.1, 0.15) is 31.0 Å². The van der Waals surface area contributed by atoms with Crippen molar-refractivity contribution < 1.29 is 4.74 Å². The Bertz CT molecular complexity index is 563. The summed E-state index contributed by atoms with van der Waals surface area (Å²) in [7, 11) is 0. The van der Waals surface area contributed by atoms with Gasteiger partial charge < -0.3 is 10.5 Å². The van der Waals surface area contributed by atoms with Crippen LogP contribution in [0.15, 0.2) is 46.9 Å². The van der Waals surface area contributed by atoms with Crippen LogP contribution in [0, 0.1) is 0 Å². The Kier molecular flexibility index (Phi) is 5.08. The molecule has 1 atom stereocenters. The molecule has 20 heavy (non-hydrogen) atoms. The number of hydrogen-bond acceptors (Lipinski definition) is 2. The summed E-state index contributed by atoms with van der Waals surface area (Å²) in [4.78, 5) is 0. The number of rotatable bonds is 4. The van der Waals surface area contributed by atoms with Crippen LogP contribution in [0.2, 0.25) is 5.02 Å². The van der Waals surface area contributed by atoms with Crippen molar-refractivity contribution in [2.75, 3.05) is 0 Å². The summed E-state index contributed by atoms with van der Waals surface area (Å²) in [5.41, 5.74) is 8.28. The van der Waals surface area contributed by atoms with Gasteiger partial charge in [-0.25, -0.2) is 0 Å². The molecule has 0 saturated heterocycles. The lowest BCUT2D eigenvalue weighted by Crippen LogP contribution is -2.12. The Labute approximate surface area is 133 Å².